The van der Waals surface area contributed by atoms with Crippen molar-refractivity contribution in [2.45, 2.75) is 31.8 Å². The number of likely N-dealkylation sites (tertiary alicyclic amines) is 1. The maximum Gasteiger partial charge on any atom is 0.338 e. The van der Waals surface area contributed by atoms with E-state index in [9.17, 15) is 9.59 Å². The van der Waals surface area contributed by atoms with Crippen molar-refractivity contribution in [2.75, 3.05) is 33.3 Å². The average Bonchev–Trinajstić information content (AvgIpc) is 2.89. The Bertz CT molecular complexity index is 1120. The van der Waals surface area contributed by atoms with Crippen LogP contribution in [0.1, 0.15) is 40.7 Å². The third-order valence-corrected chi connectivity index (χ3v) is 6.64. The summed E-state index contributed by atoms with van der Waals surface area (Å²) in [5, 5.41) is 9.59. The maximum atomic E-state index is 13.1. The van der Waals surface area contributed by atoms with Gasteiger partial charge in [0.25, 0.3) is 0 Å². The van der Waals surface area contributed by atoms with Gasteiger partial charge < -0.3 is 20.7 Å². The lowest BCUT2D eigenvalue weighted by Crippen LogP contribution is -2.54. The van der Waals surface area contributed by atoms with E-state index in [4.69, 9.17) is 15.9 Å². The molecule has 184 valence electrons. The molecule has 35 heavy (non-hydrogen) atoms. The fraction of sp³-hybridized carbons (Fsp3) is 0.385. The van der Waals surface area contributed by atoms with Crippen molar-refractivity contribution in [1.29, 1.82) is 0 Å². The minimum atomic E-state index is -0.335. The molecule has 1 aromatic heterocycles. The first-order valence-electron chi connectivity index (χ1n) is 11.9. The Balaban J connectivity index is 1.36. The van der Waals surface area contributed by atoms with Crippen molar-refractivity contribution in [3.8, 4) is 0 Å². The van der Waals surface area contributed by atoms with Gasteiger partial charge in [-0.1, -0.05) is 18.2 Å². The topological polar surface area (TPSA) is 126 Å². The van der Waals surface area contributed by atoms with Gasteiger partial charge in [0, 0.05) is 55.8 Å². The van der Waals surface area contributed by atoms with Gasteiger partial charge in [0.2, 0.25) is 5.71 Å². The Labute approximate surface area is 205 Å². The second kappa shape index (κ2) is 11.1. The van der Waals surface area contributed by atoms with E-state index in [-0.39, 0.29) is 18.0 Å². The Morgan fingerprint density at radius 2 is 1.97 bits per heavy atom. The van der Waals surface area contributed by atoms with Crippen LogP contribution in [0.25, 0.3) is 0 Å². The smallest absolute Gasteiger partial charge is 0.338 e. The molecule has 9 heteroatoms. The molecular formula is C26H33N6O3+. The monoisotopic (exact) mass is 477 g/mol. The molecule has 4 rings (SSSR count). The lowest BCUT2D eigenvalue weighted by atomic mass is 9.97. The van der Waals surface area contributed by atoms with Crippen LogP contribution in [0.3, 0.4) is 0 Å². The van der Waals surface area contributed by atoms with Crippen molar-refractivity contribution >= 4 is 17.7 Å². The fourth-order valence-electron chi connectivity index (χ4n) is 4.71. The first-order valence-corrected chi connectivity index (χ1v) is 11.9. The van der Waals surface area contributed by atoms with Crippen LogP contribution in [-0.4, -0.2) is 71.8 Å². The summed E-state index contributed by atoms with van der Waals surface area (Å²) in [6.45, 7) is 3.17. The Hall–Kier alpha value is -3.72. The van der Waals surface area contributed by atoms with E-state index in [2.05, 4.69) is 15.2 Å². The number of nitrogens with one attached hydrogen (secondary N) is 1. The predicted molar refractivity (Wildman–Crippen MR) is 132 cm³/mol. The highest BCUT2D eigenvalue weighted by Gasteiger charge is 2.29. The van der Waals surface area contributed by atoms with Gasteiger partial charge in [0.05, 0.1) is 24.8 Å². The van der Waals surface area contributed by atoms with E-state index in [1.807, 2.05) is 30.3 Å². The molecule has 0 saturated carbocycles. The molecule has 2 aliphatic rings. The molecular weight excluding hydrogens is 444 g/mol. The van der Waals surface area contributed by atoms with E-state index in [0.717, 1.165) is 41.8 Å². The zero-order valence-corrected chi connectivity index (χ0v) is 20.1. The Morgan fingerprint density at radius 3 is 2.74 bits per heavy atom. The van der Waals surface area contributed by atoms with Crippen LogP contribution in [0.15, 0.2) is 60.1 Å². The zero-order valence-electron chi connectivity index (χ0n) is 20.1. The molecule has 0 radical (unpaired) electrons. The predicted octanol–water partition coefficient (Wildman–Crippen LogP) is 0.709. The third-order valence-electron chi connectivity index (χ3n) is 6.64. The molecule has 1 saturated heterocycles. The number of nitrogens with two attached hydrogens (primary N) is 2. The SMILES string of the molecule is COC(=O)c1ccccc1CN1CCCC(NC(=O)N2CCC(N)=C(C(=[NH2+])c3ccncc3)C2)C1. The summed E-state index contributed by atoms with van der Waals surface area (Å²) < 4.78 is 4.92. The summed E-state index contributed by atoms with van der Waals surface area (Å²) in [6, 6.07) is 11.1. The van der Waals surface area contributed by atoms with Crippen molar-refractivity contribution in [3.05, 3.63) is 76.8 Å². The van der Waals surface area contributed by atoms with Crippen LogP contribution in [0.4, 0.5) is 4.79 Å². The molecule has 1 fully saturated rings. The summed E-state index contributed by atoms with van der Waals surface area (Å²) in [5.74, 6) is -0.335. The number of hydrogen-bond donors (Lipinski definition) is 3. The number of urea groups is 1. The highest BCUT2D eigenvalue weighted by molar-refractivity contribution is 6.09. The van der Waals surface area contributed by atoms with E-state index < -0.39 is 0 Å². The van der Waals surface area contributed by atoms with Crippen LogP contribution in [0, 0.1) is 0 Å². The minimum Gasteiger partial charge on any atom is -0.465 e. The van der Waals surface area contributed by atoms with Crippen molar-refractivity contribution < 1.29 is 19.7 Å². The number of benzene rings is 1. The van der Waals surface area contributed by atoms with Gasteiger partial charge in [0.1, 0.15) is 0 Å². The molecule has 3 heterocycles. The number of pyridine rings is 1. The van der Waals surface area contributed by atoms with E-state index in [0.29, 0.717) is 43.9 Å². The Morgan fingerprint density at radius 1 is 1.20 bits per heavy atom. The van der Waals surface area contributed by atoms with Gasteiger partial charge in [-0.05, 0) is 43.1 Å². The van der Waals surface area contributed by atoms with E-state index >= 15 is 0 Å². The first-order chi connectivity index (χ1) is 17.0. The van der Waals surface area contributed by atoms with Crippen LogP contribution in [0.2, 0.25) is 0 Å². The largest absolute Gasteiger partial charge is 0.465 e. The molecule has 1 atom stereocenters. The summed E-state index contributed by atoms with van der Waals surface area (Å²) in [4.78, 5) is 33.3. The maximum absolute atomic E-state index is 13.1. The van der Waals surface area contributed by atoms with Crippen molar-refractivity contribution in [3.63, 3.8) is 0 Å². The number of carbonyl (C=O) groups excluding carboxylic acids is 2. The average molecular weight is 478 g/mol. The number of aromatic nitrogens is 1. The van der Waals surface area contributed by atoms with Crippen LogP contribution < -0.4 is 16.5 Å². The molecule has 2 aromatic rings. The van der Waals surface area contributed by atoms with Crippen LogP contribution in [-0.2, 0) is 11.3 Å². The summed E-state index contributed by atoms with van der Waals surface area (Å²) in [6.07, 6.45) is 5.82. The molecule has 1 aromatic carbocycles. The highest BCUT2D eigenvalue weighted by Crippen LogP contribution is 2.20. The number of carbonyl (C=O) groups is 2. The fourth-order valence-corrected chi connectivity index (χ4v) is 4.71. The van der Waals surface area contributed by atoms with Gasteiger partial charge in [-0.15, -0.1) is 0 Å². The first kappa shape index (κ1) is 24.4. The van der Waals surface area contributed by atoms with Gasteiger partial charge in [-0.2, -0.15) is 0 Å². The molecule has 1 unspecified atom stereocenters. The number of esters is 1. The van der Waals surface area contributed by atoms with E-state index in [1.165, 1.54) is 7.11 Å². The number of rotatable bonds is 6. The molecule has 0 bridgehead atoms. The van der Waals surface area contributed by atoms with Gasteiger partial charge in [-0.25, -0.2) is 9.59 Å². The van der Waals surface area contributed by atoms with Gasteiger partial charge in [0.15, 0.2) is 0 Å². The summed E-state index contributed by atoms with van der Waals surface area (Å²) in [7, 11) is 1.39. The summed E-state index contributed by atoms with van der Waals surface area (Å²) in [5.41, 5.74) is 10.7. The molecule has 0 spiro atoms. The third kappa shape index (κ3) is 5.86. The molecule has 9 nitrogen and oxygen atoms in total. The molecule has 0 aliphatic carbocycles. The summed E-state index contributed by atoms with van der Waals surface area (Å²) >= 11 is 0. The number of ether oxygens (including phenoxy) is 1. The second-order valence-corrected chi connectivity index (χ2v) is 9.00. The highest BCUT2D eigenvalue weighted by atomic mass is 16.5. The number of amides is 2. The van der Waals surface area contributed by atoms with Gasteiger partial charge in [-0.3, -0.25) is 15.3 Å². The number of piperidine rings is 1. The molecule has 2 amide bonds. The van der Waals surface area contributed by atoms with Crippen LogP contribution >= 0.6 is 0 Å². The number of hydrogen-bond acceptors (Lipinski definition) is 6. The lowest BCUT2D eigenvalue weighted by molar-refractivity contribution is -0.112. The molecule has 2 aliphatic heterocycles. The number of nitrogens with zero attached hydrogens (tertiary/aromatic N) is 3. The quantitative estimate of drug-likeness (QED) is 0.416. The standard InChI is InChI=1S/C26H32N6O3/c1-35-25(33)21-7-3-2-5-19(21)15-31-13-4-6-20(16-31)30-26(34)32-14-10-23(27)22(17-32)24(28)18-8-11-29-12-9-18/h2-3,5,7-9,11-12,20,28H,4,6,10,13-17,27H2,1H3,(H,30,34)/p+1. The van der Waals surface area contributed by atoms with Crippen molar-refractivity contribution in [1.82, 2.24) is 20.1 Å². The van der Waals surface area contributed by atoms with Crippen LogP contribution in [0.5, 0.6) is 0 Å². The molecule has 5 N–H and O–H groups in total. The minimum absolute atomic E-state index is 0.0229. The van der Waals surface area contributed by atoms with E-state index in [1.54, 1.807) is 23.4 Å². The van der Waals surface area contributed by atoms with Gasteiger partial charge >= 0.3 is 12.0 Å². The Kier molecular flexibility index (Phi) is 7.77. The zero-order chi connectivity index (χ0) is 24.8. The second-order valence-electron chi connectivity index (χ2n) is 9.00. The normalized spacial score (nSPS) is 18.8. The van der Waals surface area contributed by atoms with Crippen molar-refractivity contribution in [2.24, 2.45) is 5.73 Å². The lowest BCUT2D eigenvalue weighted by Gasteiger charge is -2.35. The number of methoxy groups -OCH3 is 1.